The predicted octanol–water partition coefficient (Wildman–Crippen LogP) is 1.11. The number of ketones is 1. The van der Waals surface area contributed by atoms with Gasteiger partial charge >= 0.3 is 11.9 Å². The van der Waals surface area contributed by atoms with Crippen LogP contribution in [0.1, 0.15) is 41.4 Å². The summed E-state index contributed by atoms with van der Waals surface area (Å²) in [4.78, 5) is 33.7. The molecule has 1 atom stereocenters. The summed E-state index contributed by atoms with van der Waals surface area (Å²) in [5.74, 6) is -2.28. The summed E-state index contributed by atoms with van der Waals surface area (Å²) >= 11 is 0. The first kappa shape index (κ1) is 15.8. The zero-order valence-corrected chi connectivity index (χ0v) is 11.3. The SMILES string of the molecule is CCOC(=O)c1cc(CC(C)=O)ccc1C(O)C(=O)O. The van der Waals surface area contributed by atoms with Crippen molar-refractivity contribution in [1.29, 1.82) is 0 Å². The van der Waals surface area contributed by atoms with E-state index in [0.717, 1.165) is 0 Å². The number of benzene rings is 1. The van der Waals surface area contributed by atoms with Crippen LogP contribution >= 0.6 is 0 Å². The topological polar surface area (TPSA) is 101 Å². The molecule has 1 aromatic carbocycles. The Hall–Kier alpha value is -2.21. The van der Waals surface area contributed by atoms with Gasteiger partial charge in [0.2, 0.25) is 0 Å². The number of carbonyl (C=O) groups is 3. The third kappa shape index (κ3) is 3.89. The number of rotatable bonds is 6. The molecular weight excluding hydrogens is 264 g/mol. The van der Waals surface area contributed by atoms with Crippen molar-refractivity contribution in [2.75, 3.05) is 6.61 Å². The summed E-state index contributed by atoms with van der Waals surface area (Å²) < 4.78 is 4.83. The van der Waals surface area contributed by atoms with Gasteiger partial charge in [0.15, 0.2) is 6.10 Å². The van der Waals surface area contributed by atoms with E-state index in [4.69, 9.17) is 9.84 Å². The fraction of sp³-hybridized carbons (Fsp3) is 0.357. The lowest BCUT2D eigenvalue weighted by atomic mass is 9.97. The molecule has 6 nitrogen and oxygen atoms in total. The Labute approximate surface area is 116 Å². The third-order valence-electron chi connectivity index (χ3n) is 2.59. The van der Waals surface area contributed by atoms with Crippen molar-refractivity contribution in [2.45, 2.75) is 26.4 Å². The molecule has 20 heavy (non-hydrogen) atoms. The van der Waals surface area contributed by atoms with Crippen molar-refractivity contribution in [2.24, 2.45) is 0 Å². The molecule has 1 unspecified atom stereocenters. The van der Waals surface area contributed by atoms with Gasteiger partial charge in [-0.1, -0.05) is 12.1 Å². The third-order valence-corrected chi connectivity index (χ3v) is 2.59. The van der Waals surface area contributed by atoms with Crippen molar-refractivity contribution < 1.29 is 29.3 Å². The highest BCUT2D eigenvalue weighted by Crippen LogP contribution is 2.21. The van der Waals surface area contributed by atoms with Gasteiger partial charge < -0.3 is 14.9 Å². The molecule has 0 saturated heterocycles. The molecule has 0 saturated carbocycles. The highest BCUT2D eigenvalue weighted by molar-refractivity contribution is 5.93. The Morgan fingerprint density at radius 2 is 1.95 bits per heavy atom. The number of esters is 1. The molecule has 0 heterocycles. The van der Waals surface area contributed by atoms with E-state index >= 15 is 0 Å². The van der Waals surface area contributed by atoms with Crippen LogP contribution in [0, 0.1) is 0 Å². The van der Waals surface area contributed by atoms with Gasteiger partial charge in [-0.3, -0.25) is 4.79 Å². The number of aliphatic hydroxyl groups is 1. The van der Waals surface area contributed by atoms with Crippen LogP contribution in [-0.2, 0) is 20.7 Å². The number of hydrogen-bond donors (Lipinski definition) is 2. The van der Waals surface area contributed by atoms with E-state index in [9.17, 15) is 19.5 Å². The summed E-state index contributed by atoms with van der Waals surface area (Å²) in [5, 5.41) is 18.4. The lowest BCUT2D eigenvalue weighted by Gasteiger charge is -2.13. The number of ether oxygens (including phenoxy) is 1. The number of aliphatic hydroxyl groups excluding tert-OH is 1. The quantitative estimate of drug-likeness (QED) is 0.757. The predicted molar refractivity (Wildman–Crippen MR) is 69.4 cm³/mol. The molecule has 0 amide bonds. The molecule has 0 aliphatic heterocycles. The number of hydrogen-bond acceptors (Lipinski definition) is 5. The Balaban J connectivity index is 3.26. The highest BCUT2D eigenvalue weighted by Gasteiger charge is 2.24. The monoisotopic (exact) mass is 280 g/mol. The van der Waals surface area contributed by atoms with Crippen molar-refractivity contribution in [1.82, 2.24) is 0 Å². The lowest BCUT2D eigenvalue weighted by molar-refractivity contribution is -0.147. The maximum atomic E-state index is 11.8. The van der Waals surface area contributed by atoms with Crippen LogP contribution in [0.25, 0.3) is 0 Å². The summed E-state index contributed by atoms with van der Waals surface area (Å²) in [6, 6.07) is 4.20. The van der Waals surface area contributed by atoms with Crippen LogP contribution in [0.3, 0.4) is 0 Å². The second-order valence-corrected chi connectivity index (χ2v) is 4.26. The number of carboxylic acids is 1. The second-order valence-electron chi connectivity index (χ2n) is 4.26. The summed E-state index contributed by atoms with van der Waals surface area (Å²) in [5.41, 5.74) is 0.464. The van der Waals surface area contributed by atoms with Crippen LogP contribution in [-0.4, -0.2) is 34.5 Å². The van der Waals surface area contributed by atoms with Gasteiger partial charge in [0.05, 0.1) is 12.2 Å². The van der Waals surface area contributed by atoms with Crippen molar-refractivity contribution >= 4 is 17.7 Å². The lowest BCUT2D eigenvalue weighted by Crippen LogP contribution is -2.17. The normalized spacial score (nSPS) is 11.8. The largest absolute Gasteiger partial charge is 0.479 e. The minimum Gasteiger partial charge on any atom is -0.479 e. The van der Waals surface area contributed by atoms with E-state index in [2.05, 4.69) is 0 Å². The average Bonchev–Trinajstić information content (AvgIpc) is 2.37. The minimum atomic E-state index is -1.82. The van der Waals surface area contributed by atoms with Crippen LogP contribution < -0.4 is 0 Å². The maximum absolute atomic E-state index is 11.8. The van der Waals surface area contributed by atoms with Gasteiger partial charge in [0.25, 0.3) is 0 Å². The zero-order valence-electron chi connectivity index (χ0n) is 11.3. The highest BCUT2D eigenvalue weighted by atomic mass is 16.5. The van der Waals surface area contributed by atoms with E-state index < -0.39 is 18.0 Å². The first-order chi connectivity index (χ1) is 9.36. The molecule has 0 bridgehead atoms. The molecular formula is C14H16O6. The van der Waals surface area contributed by atoms with Crippen LogP contribution in [0.5, 0.6) is 0 Å². The molecule has 0 spiro atoms. The van der Waals surface area contributed by atoms with Crippen molar-refractivity contribution in [3.05, 3.63) is 34.9 Å². The van der Waals surface area contributed by atoms with Gasteiger partial charge in [-0.25, -0.2) is 9.59 Å². The number of carboxylic acid groups (broad SMARTS) is 1. The summed E-state index contributed by atoms with van der Waals surface area (Å²) in [6.07, 6.45) is -1.70. The van der Waals surface area contributed by atoms with E-state index in [1.54, 1.807) is 6.92 Å². The Morgan fingerprint density at radius 3 is 2.45 bits per heavy atom. The Kier molecular flexibility index (Phi) is 5.40. The fourth-order valence-electron chi connectivity index (χ4n) is 1.76. The number of Topliss-reactive ketones (excluding diaryl/α,β-unsaturated/α-hetero) is 1. The van der Waals surface area contributed by atoms with Crippen LogP contribution in [0.4, 0.5) is 0 Å². The molecule has 0 aliphatic carbocycles. The first-order valence-electron chi connectivity index (χ1n) is 6.07. The second kappa shape index (κ2) is 6.81. The van der Waals surface area contributed by atoms with Gasteiger partial charge in [-0.15, -0.1) is 0 Å². The molecule has 0 aliphatic rings. The molecule has 0 aromatic heterocycles. The van der Waals surface area contributed by atoms with Crippen LogP contribution in [0.15, 0.2) is 18.2 Å². The molecule has 6 heteroatoms. The minimum absolute atomic E-state index is 0.0412. The molecule has 1 rings (SSSR count). The van der Waals surface area contributed by atoms with E-state index in [0.29, 0.717) is 5.56 Å². The van der Waals surface area contributed by atoms with Gasteiger partial charge in [0.1, 0.15) is 5.78 Å². The van der Waals surface area contributed by atoms with Crippen LogP contribution in [0.2, 0.25) is 0 Å². The molecule has 108 valence electrons. The maximum Gasteiger partial charge on any atom is 0.338 e. The molecule has 1 aromatic rings. The average molecular weight is 280 g/mol. The molecule has 2 N–H and O–H groups in total. The van der Waals surface area contributed by atoms with E-state index in [-0.39, 0.29) is 29.9 Å². The zero-order chi connectivity index (χ0) is 15.3. The number of aliphatic carboxylic acids is 1. The van der Waals surface area contributed by atoms with Crippen molar-refractivity contribution in [3.63, 3.8) is 0 Å². The summed E-state index contributed by atoms with van der Waals surface area (Å²) in [7, 11) is 0. The number of carbonyl (C=O) groups excluding carboxylic acids is 2. The standard InChI is InChI=1S/C14H16O6/c1-3-20-14(19)11-7-9(6-8(2)15)4-5-10(11)12(16)13(17)18/h4-5,7,12,16H,3,6H2,1-2H3,(H,17,18). The van der Waals surface area contributed by atoms with E-state index in [1.807, 2.05) is 0 Å². The fourth-order valence-corrected chi connectivity index (χ4v) is 1.76. The molecule has 0 fully saturated rings. The van der Waals surface area contributed by atoms with Gasteiger partial charge in [-0.2, -0.15) is 0 Å². The Morgan fingerprint density at radius 1 is 1.30 bits per heavy atom. The Bertz CT molecular complexity index is 534. The summed E-state index contributed by atoms with van der Waals surface area (Å²) in [6.45, 7) is 3.15. The van der Waals surface area contributed by atoms with Gasteiger partial charge in [-0.05, 0) is 25.5 Å². The molecule has 0 radical (unpaired) electrons. The van der Waals surface area contributed by atoms with Gasteiger partial charge in [0, 0.05) is 12.0 Å². The first-order valence-corrected chi connectivity index (χ1v) is 6.07. The van der Waals surface area contributed by atoms with E-state index in [1.165, 1.54) is 25.1 Å². The smallest absolute Gasteiger partial charge is 0.338 e. The van der Waals surface area contributed by atoms with Crippen molar-refractivity contribution in [3.8, 4) is 0 Å².